The number of rotatable bonds is 5. The SMILES string of the molecule is Cc1c(C#C[Si](C)(C)C)cc(CNCC(=O)OC(C)(C)C)c(C)c1C(=O)O. The Morgan fingerprint density at radius 2 is 1.78 bits per heavy atom. The van der Waals surface area contributed by atoms with Crippen molar-refractivity contribution in [3.63, 3.8) is 0 Å². The van der Waals surface area contributed by atoms with Crippen LogP contribution in [0.4, 0.5) is 0 Å². The van der Waals surface area contributed by atoms with Crippen LogP contribution >= 0.6 is 0 Å². The van der Waals surface area contributed by atoms with Gasteiger partial charge in [-0.2, -0.15) is 0 Å². The maximum absolute atomic E-state index is 11.8. The van der Waals surface area contributed by atoms with Crippen LogP contribution in [0, 0.1) is 25.3 Å². The summed E-state index contributed by atoms with van der Waals surface area (Å²) in [5, 5.41) is 12.7. The highest BCUT2D eigenvalue weighted by Gasteiger charge is 2.19. The molecular weight excluding hydrogens is 358 g/mol. The third kappa shape index (κ3) is 7.57. The van der Waals surface area contributed by atoms with Gasteiger partial charge in [0.1, 0.15) is 13.7 Å². The van der Waals surface area contributed by atoms with Gasteiger partial charge < -0.3 is 15.2 Å². The highest BCUT2D eigenvalue weighted by molar-refractivity contribution is 6.83. The Bertz CT molecular complexity index is 790. The van der Waals surface area contributed by atoms with E-state index in [1.54, 1.807) is 13.8 Å². The van der Waals surface area contributed by atoms with Gasteiger partial charge in [-0.1, -0.05) is 25.6 Å². The number of ether oxygens (including phenoxy) is 1. The standard InChI is InChI=1S/C21H31NO4Si/c1-14-16(9-10-27(6,7)8)11-17(15(2)19(14)20(24)25)12-22-13-18(23)26-21(3,4)5/h11,22H,12-13H2,1-8H3,(H,24,25). The number of carboxylic acids is 1. The summed E-state index contributed by atoms with van der Waals surface area (Å²) in [4.78, 5) is 23.6. The van der Waals surface area contributed by atoms with Gasteiger partial charge in [-0.3, -0.25) is 4.79 Å². The summed E-state index contributed by atoms with van der Waals surface area (Å²) in [7, 11) is -1.59. The number of carbonyl (C=O) groups is 2. The van der Waals surface area contributed by atoms with E-state index in [1.165, 1.54) is 0 Å². The molecule has 1 aromatic carbocycles. The number of benzene rings is 1. The molecule has 27 heavy (non-hydrogen) atoms. The minimum Gasteiger partial charge on any atom is -0.478 e. The molecule has 0 fully saturated rings. The third-order valence-corrected chi connectivity index (χ3v) is 4.62. The summed E-state index contributed by atoms with van der Waals surface area (Å²) in [6.45, 7) is 15.9. The average molecular weight is 390 g/mol. The Labute approximate surface area is 163 Å². The fourth-order valence-electron chi connectivity index (χ4n) is 2.53. The quantitative estimate of drug-likeness (QED) is 0.457. The number of carboxylic acid groups (broad SMARTS) is 1. The lowest BCUT2D eigenvalue weighted by Gasteiger charge is -2.20. The van der Waals surface area contributed by atoms with Gasteiger partial charge in [0.25, 0.3) is 0 Å². The summed E-state index contributed by atoms with van der Waals surface area (Å²) < 4.78 is 5.27. The van der Waals surface area contributed by atoms with Crippen LogP contribution in [0.1, 0.15) is 53.4 Å². The second kappa shape index (κ2) is 8.72. The van der Waals surface area contributed by atoms with Gasteiger partial charge >= 0.3 is 11.9 Å². The Hall–Kier alpha value is -2.10. The van der Waals surface area contributed by atoms with Crippen LogP contribution in [0.15, 0.2) is 6.07 Å². The van der Waals surface area contributed by atoms with Crippen LogP contribution < -0.4 is 5.32 Å². The summed E-state index contributed by atoms with van der Waals surface area (Å²) in [6.07, 6.45) is 0. The molecule has 1 aromatic rings. The molecule has 0 amide bonds. The molecule has 0 atom stereocenters. The smallest absolute Gasteiger partial charge is 0.336 e. The highest BCUT2D eigenvalue weighted by atomic mass is 28.3. The van der Waals surface area contributed by atoms with Crippen LogP contribution in [0.3, 0.4) is 0 Å². The largest absolute Gasteiger partial charge is 0.478 e. The van der Waals surface area contributed by atoms with Crippen LogP contribution in [-0.4, -0.2) is 37.3 Å². The molecule has 0 heterocycles. The molecule has 148 valence electrons. The maximum Gasteiger partial charge on any atom is 0.336 e. The van der Waals surface area contributed by atoms with E-state index < -0.39 is 19.6 Å². The van der Waals surface area contributed by atoms with E-state index in [1.807, 2.05) is 26.8 Å². The van der Waals surface area contributed by atoms with Crippen molar-refractivity contribution in [3.8, 4) is 11.5 Å². The molecule has 2 N–H and O–H groups in total. The lowest BCUT2D eigenvalue weighted by atomic mass is 9.93. The van der Waals surface area contributed by atoms with Gasteiger partial charge in [0, 0.05) is 12.1 Å². The topological polar surface area (TPSA) is 75.6 Å². The predicted octanol–water partition coefficient (Wildman–Crippen LogP) is 3.66. The predicted molar refractivity (Wildman–Crippen MR) is 111 cm³/mol. The highest BCUT2D eigenvalue weighted by Crippen LogP contribution is 2.22. The molecule has 5 nitrogen and oxygen atoms in total. The van der Waals surface area contributed by atoms with Crippen molar-refractivity contribution >= 4 is 20.0 Å². The first-order chi connectivity index (χ1) is 12.2. The molecule has 0 saturated heterocycles. The van der Waals surface area contributed by atoms with Crippen LogP contribution in [-0.2, 0) is 16.1 Å². The lowest BCUT2D eigenvalue weighted by Crippen LogP contribution is -2.31. The molecule has 0 unspecified atom stereocenters. The third-order valence-electron chi connectivity index (χ3n) is 3.75. The van der Waals surface area contributed by atoms with E-state index in [0.29, 0.717) is 17.7 Å². The number of aromatic carboxylic acids is 1. The van der Waals surface area contributed by atoms with Gasteiger partial charge in [-0.15, -0.1) is 5.54 Å². The molecule has 0 bridgehead atoms. The first-order valence-corrected chi connectivity index (χ1v) is 12.5. The van der Waals surface area contributed by atoms with Crippen molar-refractivity contribution in [1.29, 1.82) is 0 Å². The molecular formula is C21H31NO4Si. The van der Waals surface area contributed by atoms with Gasteiger partial charge in [0.05, 0.1) is 12.1 Å². The first kappa shape index (κ1) is 22.9. The summed E-state index contributed by atoms with van der Waals surface area (Å²) >= 11 is 0. The summed E-state index contributed by atoms with van der Waals surface area (Å²) in [5.41, 5.74) is 5.97. The Kier molecular flexibility index (Phi) is 7.41. The molecule has 0 aliphatic heterocycles. The zero-order chi connectivity index (χ0) is 21.0. The monoisotopic (exact) mass is 389 g/mol. The van der Waals surface area contributed by atoms with Gasteiger partial charge in [-0.05, 0) is 57.4 Å². The minimum atomic E-state index is -1.59. The summed E-state index contributed by atoms with van der Waals surface area (Å²) in [5.74, 6) is 1.87. The number of hydrogen-bond donors (Lipinski definition) is 2. The van der Waals surface area contributed by atoms with Crippen molar-refractivity contribution < 1.29 is 19.4 Å². The molecule has 0 aliphatic carbocycles. The number of nitrogens with one attached hydrogen (secondary N) is 1. The molecule has 0 saturated carbocycles. The van der Waals surface area contributed by atoms with Gasteiger partial charge in [0.2, 0.25) is 0 Å². The van der Waals surface area contributed by atoms with E-state index in [9.17, 15) is 14.7 Å². The van der Waals surface area contributed by atoms with E-state index in [4.69, 9.17) is 4.74 Å². The Morgan fingerprint density at radius 3 is 2.26 bits per heavy atom. The minimum absolute atomic E-state index is 0.0584. The summed E-state index contributed by atoms with van der Waals surface area (Å²) in [6, 6.07) is 1.92. The molecule has 0 spiro atoms. The second-order valence-corrected chi connectivity index (χ2v) is 13.5. The fourth-order valence-corrected chi connectivity index (χ4v) is 3.04. The zero-order valence-corrected chi connectivity index (χ0v) is 18.7. The Balaban J connectivity index is 3.12. The van der Waals surface area contributed by atoms with Crippen LogP contribution in [0.2, 0.25) is 19.6 Å². The maximum atomic E-state index is 11.8. The van der Waals surface area contributed by atoms with Crippen molar-refractivity contribution in [1.82, 2.24) is 5.32 Å². The first-order valence-electron chi connectivity index (χ1n) is 9.03. The number of esters is 1. The molecule has 6 heteroatoms. The lowest BCUT2D eigenvalue weighted by molar-refractivity contribution is -0.153. The molecule has 0 aromatic heterocycles. The van der Waals surface area contributed by atoms with Crippen molar-refractivity contribution in [3.05, 3.63) is 33.9 Å². The fraction of sp³-hybridized carbons (Fsp3) is 0.524. The van der Waals surface area contributed by atoms with Crippen LogP contribution in [0.25, 0.3) is 0 Å². The number of hydrogen-bond acceptors (Lipinski definition) is 4. The van der Waals surface area contributed by atoms with Crippen LogP contribution in [0.5, 0.6) is 0 Å². The average Bonchev–Trinajstić information content (AvgIpc) is 2.45. The van der Waals surface area contributed by atoms with Crippen molar-refractivity contribution in [2.45, 2.75) is 66.4 Å². The van der Waals surface area contributed by atoms with E-state index in [0.717, 1.165) is 11.1 Å². The molecule has 0 aliphatic rings. The molecule has 1 rings (SSSR count). The van der Waals surface area contributed by atoms with E-state index in [2.05, 4.69) is 36.4 Å². The molecule has 0 radical (unpaired) electrons. The zero-order valence-electron chi connectivity index (χ0n) is 17.7. The van der Waals surface area contributed by atoms with E-state index in [-0.39, 0.29) is 18.1 Å². The van der Waals surface area contributed by atoms with Gasteiger partial charge in [-0.25, -0.2) is 4.79 Å². The number of carbonyl (C=O) groups excluding carboxylic acids is 1. The van der Waals surface area contributed by atoms with Gasteiger partial charge in [0.15, 0.2) is 0 Å². The normalized spacial score (nSPS) is 11.6. The van der Waals surface area contributed by atoms with Crippen molar-refractivity contribution in [2.75, 3.05) is 6.54 Å². The van der Waals surface area contributed by atoms with E-state index >= 15 is 0 Å². The Morgan fingerprint density at radius 1 is 1.19 bits per heavy atom. The second-order valence-electron chi connectivity index (χ2n) is 8.70. The van der Waals surface area contributed by atoms with Crippen molar-refractivity contribution in [2.24, 2.45) is 0 Å².